The van der Waals surface area contributed by atoms with Crippen molar-refractivity contribution in [2.75, 3.05) is 26.0 Å². The van der Waals surface area contributed by atoms with Crippen LogP contribution in [0.1, 0.15) is 22.9 Å². The molecule has 1 fully saturated rings. The van der Waals surface area contributed by atoms with Gasteiger partial charge in [-0.1, -0.05) is 6.07 Å². The fourth-order valence-electron chi connectivity index (χ4n) is 3.59. The summed E-state index contributed by atoms with van der Waals surface area (Å²) in [7, 11) is 1.63. The molecule has 1 atom stereocenters. The van der Waals surface area contributed by atoms with Crippen LogP contribution in [0, 0.1) is 18.6 Å². The smallest absolute Gasteiger partial charge is 0.233 e. The molecular weight excluding hydrogens is 420 g/mol. The van der Waals surface area contributed by atoms with Gasteiger partial charge in [0.15, 0.2) is 0 Å². The summed E-state index contributed by atoms with van der Waals surface area (Å²) < 4.78 is 34.4. The lowest BCUT2D eigenvalue weighted by atomic mass is 10.1. The number of carbonyl (C=O) groups excluding carboxylic acids is 1. The number of aryl methyl sites for hydroxylation is 1. The number of thioether (sulfide) groups is 1. The van der Waals surface area contributed by atoms with Gasteiger partial charge < -0.3 is 9.64 Å². The van der Waals surface area contributed by atoms with Gasteiger partial charge in [-0.2, -0.15) is 5.10 Å². The predicted octanol–water partition coefficient (Wildman–Crippen LogP) is 4.74. The Morgan fingerprint density at radius 1 is 1.19 bits per heavy atom. The van der Waals surface area contributed by atoms with Crippen molar-refractivity contribution in [1.82, 2.24) is 14.7 Å². The molecule has 2 aromatic carbocycles. The lowest BCUT2D eigenvalue weighted by Crippen LogP contribution is -2.30. The molecule has 0 saturated carbocycles. The average molecular weight is 444 g/mol. The third-order valence-corrected chi connectivity index (χ3v) is 6.50. The van der Waals surface area contributed by atoms with Crippen LogP contribution < -0.4 is 0 Å². The number of halogens is 2. The van der Waals surface area contributed by atoms with Crippen molar-refractivity contribution in [1.29, 1.82) is 0 Å². The number of hydrogen-bond donors (Lipinski definition) is 0. The zero-order chi connectivity index (χ0) is 22.0. The molecule has 2 heterocycles. The molecular formula is C23H23F2N3O2S. The van der Waals surface area contributed by atoms with E-state index in [0.29, 0.717) is 35.8 Å². The van der Waals surface area contributed by atoms with Gasteiger partial charge in [-0.25, -0.2) is 13.5 Å². The summed E-state index contributed by atoms with van der Waals surface area (Å²) in [5, 5.41) is 4.47. The van der Waals surface area contributed by atoms with Crippen LogP contribution in [-0.2, 0) is 9.53 Å². The minimum absolute atomic E-state index is 0.0605. The molecule has 0 bridgehead atoms. The summed E-state index contributed by atoms with van der Waals surface area (Å²) in [6.45, 7) is 2.83. The third-order valence-electron chi connectivity index (χ3n) is 5.26. The fraction of sp³-hybridized carbons (Fsp3) is 0.304. The summed E-state index contributed by atoms with van der Waals surface area (Å²) in [4.78, 5) is 14.4. The molecule has 8 heteroatoms. The van der Waals surface area contributed by atoms with E-state index in [9.17, 15) is 13.6 Å². The first-order valence-corrected chi connectivity index (χ1v) is 11.0. The van der Waals surface area contributed by atoms with E-state index in [1.54, 1.807) is 43.0 Å². The largest absolute Gasteiger partial charge is 0.385 e. The maximum absolute atomic E-state index is 14.2. The SMILES string of the molecule is COCCCN1C(=O)CSC1c1cn(-c2ccc(C)c(F)c2)nc1-c1ccc(F)cc1. The van der Waals surface area contributed by atoms with Crippen molar-refractivity contribution in [3.63, 3.8) is 0 Å². The highest BCUT2D eigenvalue weighted by Gasteiger charge is 2.35. The molecule has 0 N–H and O–H groups in total. The maximum atomic E-state index is 14.2. The second-order valence-corrected chi connectivity index (χ2v) is 8.48. The highest BCUT2D eigenvalue weighted by molar-refractivity contribution is 8.00. The Balaban J connectivity index is 1.77. The van der Waals surface area contributed by atoms with Crippen molar-refractivity contribution in [2.45, 2.75) is 18.7 Å². The normalized spacial score (nSPS) is 16.3. The number of rotatable bonds is 7. The molecule has 1 saturated heterocycles. The van der Waals surface area contributed by atoms with Crippen molar-refractivity contribution in [2.24, 2.45) is 0 Å². The molecule has 1 aromatic heterocycles. The van der Waals surface area contributed by atoms with Crippen LogP contribution in [0.15, 0.2) is 48.7 Å². The highest BCUT2D eigenvalue weighted by Crippen LogP contribution is 2.42. The number of methoxy groups -OCH3 is 1. The molecule has 5 nitrogen and oxygen atoms in total. The first-order valence-electron chi connectivity index (χ1n) is 10.00. The van der Waals surface area contributed by atoms with E-state index in [1.807, 2.05) is 11.1 Å². The summed E-state index contributed by atoms with van der Waals surface area (Å²) in [6, 6.07) is 11.0. The topological polar surface area (TPSA) is 47.4 Å². The molecule has 3 aromatic rings. The van der Waals surface area contributed by atoms with Crippen LogP contribution >= 0.6 is 11.8 Å². The number of carbonyl (C=O) groups is 1. The van der Waals surface area contributed by atoms with Crippen LogP contribution in [0.2, 0.25) is 0 Å². The number of nitrogens with zero attached hydrogens (tertiary/aromatic N) is 3. The number of hydrogen-bond acceptors (Lipinski definition) is 4. The molecule has 162 valence electrons. The van der Waals surface area contributed by atoms with E-state index in [2.05, 4.69) is 0 Å². The quantitative estimate of drug-likeness (QED) is 0.495. The highest BCUT2D eigenvalue weighted by atomic mass is 32.2. The standard InChI is InChI=1S/C23H23F2N3O2S/c1-15-4-9-18(12-20(15)25)28-13-19(22(26-28)16-5-7-17(24)8-6-16)23-27(10-3-11-30-2)21(29)14-31-23/h4-9,12-13,23H,3,10-11,14H2,1-2H3. The lowest BCUT2D eigenvalue weighted by molar-refractivity contribution is -0.128. The van der Waals surface area contributed by atoms with E-state index in [1.165, 1.54) is 30.0 Å². The number of amides is 1. The number of aromatic nitrogens is 2. The zero-order valence-corrected chi connectivity index (χ0v) is 18.2. The van der Waals surface area contributed by atoms with E-state index in [-0.39, 0.29) is 22.9 Å². The fourth-order valence-corrected chi connectivity index (χ4v) is 4.81. The molecule has 1 aliphatic rings. The Morgan fingerprint density at radius 3 is 2.68 bits per heavy atom. The van der Waals surface area contributed by atoms with E-state index in [4.69, 9.17) is 9.84 Å². The van der Waals surface area contributed by atoms with Crippen molar-refractivity contribution >= 4 is 17.7 Å². The van der Waals surface area contributed by atoms with Crippen molar-refractivity contribution in [3.05, 3.63) is 71.4 Å². The average Bonchev–Trinajstić information content (AvgIpc) is 3.35. The summed E-state index contributed by atoms with van der Waals surface area (Å²) in [6.07, 6.45) is 2.56. The molecule has 0 radical (unpaired) electrons. The summed E-state index contributed by atoms with van der Waals surface area (Å²) in [5.74, 6) is -0.211. The zero-order valence-electron chi connectivity index (χ0n) is 17.3. The Morgan fingerprint density at radius 2 is 1.97 bits per heavy atom. The van der Waals surface area contributed by atoms with E-state index in [0.717, 1.165) is 17.5 Å². The second kappa shape index (κ2) is 9.20. The monoisotopic (exact) mass is 443 g/mol. The van der Waals surface area contributed by atoms with Crippen LogP contribution in [0.5, 0.6) is 0 Å². The molecule has 0 spiro atoms. The van der Waals surface area contributed by atoms with Gasteiger partial charge in [-0.3, -0.25) is 4.79 Å². The lowest BCUT2D eigenvalue weighted by Gasteiger charge is -2.23. The Hall–Kier alpha value is -2.71. The van der Waals surface area contributed by atoms with Gasteiger partial charge in [0.2, 0.25) is 5.91 Å². The predicted molar refractivity (Wildman–Crippen MR) is 117 cm³/mol. The van der Waals surface area contributed by atoms with Crippen LogP contribution in [0.4, 0.5) is 8.78 Å². The molecule has 4 rings (SSSR count). The Labute approximate surface area is 184 Å². The van der Waals surface area contributed by atoms with Crippen LogP contribution in [0.3, 0.4) is 0 Å². The first-order chi connectivity index (χ1) is 15.0. The Kier molecular flexibility index (Phi) is 6.38. The Bertz CT molecular complexity index is 1080. The van der Waals surface area contributed by atoms with Crippen molar-refractivity contribution < 1.29 is 18.3 Å². The number of ether oxygens (including phenoxy) is 1. The molecule has 1 aliphatic heterocycles. The van der Waals surface area contributed by atoms with Crippen LogP contribution in [-0.4, -0.2) is 46.6 Å². The van der Waals surface area contributed by atoms with Gasteiger partial charge in [0, 0.05) is 37.6 Å². The molecule has 31 heavy (non-hydrogen) atoms. The van der Waals surface area contributed by atoms with Gasteiger partial charge >= 0.3 is 0 Å². The van der Waals surface area contributed by atoms with E-state index < -0.39 is 0 Å². The second-order valence-electron chi connectivity index (χ2n) is 7.41. The minimum Gasteiger partial charge on any atom is -0.385 e. The summed E-state index contributed by atoms with van der Waals surface area (Å²) in [5.41, 5.74) is 3.35. The molecule has 1 unspecified atom stereocenters. The third kappa shape index (κ3) is 4.50. The molecule has 0 aliphatic carbocycles. The molecule has 1 amide bonds. The van der Waals surface area contributed by atoms with Gasteiger partial charge in [0.25, 0.3) is 0 Å². The maximum Gasteiger partial charge on any atom is 0.233 e. The van der Waals surface area contributed by atoms with E-state index >= 15 is 0 Å². The van der Waals surface area contributed by atoms with Gasteiger partial charge in [-0.15, -0.1) is 11.8 Å². The van der Waals surface area contributed by atoms with Gasteiger partial charge in [0.05, 0.1) is 17.1 Å². The minimum atomic E-state index is -0.336. The van der Waals surface area contributed by atoms with Gasteiger partial charge in [-0.05, 0) is 55.3 Å². The van der Waals surface area contributed by atoms with Crippen LogP contribution in [0.25, 0.3) is 16.9 Å². The number of benzene rings is 2. The van der Waals surface area contributed by atoms with Gasteiger partial charge in [0.1, 0.15) is 17.0 Å². The van der Waals surface area contributed by atoms with Crippen molar-refractivity contribution in [3.8, 4) is 16.9 Å². The first kappa shape index (κ1) is 21.5. The summed E-state index contributed by atoms with van der Waals surface area (Å²) >= 11 is 1.53.